The van der Waals surface area contributed by atoms with Crippen LogP contribution in [-0.2, 0) is 0 Å². The molecule has 0 aliphatic rings. The first-order valence-electron chi connectivity index (χ1n) is 5.68. The molecule has 1 unspecified atom stereocenters. The van der Waals surface area contributed by atoms with Gasteiger partial charge in [0.2, 0.25) is 0 Å². The van der Waals surface area contributed by atoms with E-state index < -0.39 is 0 Å². The monoisotopic (exact) mass is 245 g/mol. The molecule has 0 fully saturated rings. The van der Waals surface area contributed by atoms with Crippen LogP contribution in [0.1, 0.15) is 29.1 Å². The van der Waals surface area contributed by atoms with Gasteiger partial charge in [-0.25, -0.2) is 0 Å². The molecule has 2 aromatic rings. The van der Waals surface area contributed by atoms with Crippen LogP contribution in [0.15, 0.2) is 41.3 Å². The number of hydrogen-bond acceptors (Lipinski definition) is 4. The van der Waals surface area contributed by atoms with Crippen LogP contribution in [0.3, 0.4) is 0 Å². The molecule has 0 bridgehead atoms. The maximum atomic E-state index is 12.1. The molecule has 0 saturated carbocycles. The minimum Gasteiger partial charge on any atom is -0.467 e. The lowest BCUT2D eigenvalue weighted by Gasteiger charge is -2.13. The Hall–Kier alpha value is -2.30. The van der Waals surface area contributed by atoms with Crippen molar-refractivity contribution in [2.45, 2.75) is 13.0 Å². The Labute approximate surface area is 105 Å². The Morgan fingerprint density at radius 1 is 1.44 bits per heavy atom. The average Bonchev–Trinajstić information content (AvgIpc) is 2.92. The van der Waals surface area contributed by atoms with Crippen molar-refractivity contribution >= 4 is 11.6 Å². The quantitative estimate of drug-likeness (QED) is 0.866. The number of carbonyl (C=O) groups is 1. The van der Waals surface area contributed by atoms with E-state index in [9.17, 15) is 4.79 Å². The number of hydrogen-bond donors (Lipinski definition) is 2. The van der Waals surface area contributed by atoms with Crippen LogP contribution in [-0.4, -0.2) is 17.9 Å². The van der Waals surface area contributed by atoms with Crippen LogP contribution in [0.4, 0.5) is 5.69 Å². The molecule has 2 aromatic heterocycles. The fourth-order valence-electron chi connectivity index (χ4n) is 1.67. The SMILES string of the molecule is CNc1cnccc1C(=O)NC(C)c1ccco1. The predicted molar refractivity (Wildman–Crippen MR) is 68.4 cm³/mol. The van der Waals surface area contributed by atoms with Crippen LogP contribution in [0.25, 0.3) is 0 Å². The van der Waals surface area contributed by atoms with Gasteiger partial charge in [0.05, 0.1) is 29.8 Å². The highest BCUT2D eigenvalue weighted by atomic mass is 16.3. The molecular weight excluding hydrogens is 230 g/mol. The van der Waals surface area contributed by atoms with Gasteiger partial charge in [-0.15, -0.1) is 0 Å². The van der Waals surface area contributed by atoms with Crippen molar-refractivity contribution in [1.82, 2.24) is 10.3 Å². The number of aromatic nitrogens is 1. The zero-order valence-electron chi connectivity index (χ0n) is 10.3. The lowest BCUT2D eigenvalue weighted by Crippen LogP contribution is -2.27. The molecule has 94 valence electrons. The minimum atomic E-state index is -0.176. The Morgan fingerprint density at radius 2 is 2.28 bits per heavy atom. The van der Waals surface area contributed by atoms with Crippen LogP contribution < -0.4 is 10.6 Å². The average molecular weight is 245 g/mol. The maximum absolute atomic E-state index is 12.1. The van der Waals surface area contributed by atoms with E-state index in [1.54, 1.807) is 37.8 Å². The number of nitrogens with one attached hydrogen (secondary N) is 2. The molecule has 5 heteroatoms. The van der Waals surface area contributed by atoms with Crippen molar-refractivity contribution in [3.8, 4) is 0 Å². The first-order chi connectivity index (χ1) is 8.72. The summed E-state index contributed by atoms with van der Waals surface area (Å²) in [5.74, 6) is 0.564. The number of amides is 1. The first-order valence-corrected chi connectivity index (χ1v) is 5.68. The van der Waals surface area contributed by atoms with Crippen molar-refractivity contribution in [2.75, 3.05) is 12.4 Å². The van der Waals surface area contributed by atoms with E-state index in [2.05, 4.69) is 15.6 Å². The molecular formula is C13H15N3O2. The number of furan rings is 1. The third-order valence-corrected chi connectivity index (χ3v) is 2.65. The van der Waals surface area contributed by atoms with Gasteiger partial charge in [0.1, 0.15) is 5.76 Å². The van der Waals surface area contributed by atoms with E-state index in [4.69, 9.17) is 4.42 Å². The van der Waals surface area contributed by atoms with Crippen molar-refractivity contribution < 1.29 is 9.21 Å². The summed E-state index contributed by atoms with van der Waals surface area (Å²) in [4.78, 5) is 16.1. The van der Waals surface area contributed by atoms with E-state index in [0.717, 1.165) is 5.76 Å². The van der Waals surface area contributed by atoms with Crippen LogP contribution >= 0.6 is 0 Å². The zero-order chi connectivity index (χ0) is 13.0. The fourth-order valence-corrected chi connectivity index (χ4v) is 1.67. The van der Waals surface area contributed by atoms with E-state index in [-0.39, 0.29) is 11.9 Å². The standard InChI is InChI=1S/C13H15N3O2/c1-9(12-4-3-7-18-12)16-13(17)10-5-6-15-8-11(10)14-2/h3-9,14H,1-2H3,(H,16,17). The largest absolute Gasteiger partial charge is 0.467 e. The second kappa shape index (κ2) is 5.35. The smallest absolute Gasteiger partial charge is 0.254 e. The van der Waals surface area contributed by atoms with Gasteiger partial charge in [0.25, 0.3) is 5.91 Å². The summed E-state index contributed by atoms with van der Waals surface area (Å²) < 4.78 is 5.25. The minimum absolute atomic E-state index is 0.161. The normalized spacial score (nSPS) is 11.9. The van der Waals surface area contributed by atoms with E-state index >= 15 is 0 Å². The van der Waals surface area contributed by atoms with Gasteiger partial charge in [-0.3, -0.25) is 9.78 Å². The molecule has 2 N–H and O–H groups in total. The van der Waals surface area contributed by atoms with Gasteiger partial charge >= 0.3 is 0 Å². The topological polar surface area (TPSA) is 67.2 Å². The summed E-state index contributed by atoms with van der Waals surface area (Å²) >= 11 is 0. The lowest BCUT2D eigenvalue weighted by atomic mass is 10.2. The highest BCUT2D eigenvalue weighted by molar-refractivity contribution is 5.99. The third-order valence-electron chi connectivity index (χ3n) is 2.65. The van der Waals surface area contributed by atoms with Gasteiger partial charge in [-0.1, -0.05) is 0 Å². The Bertz CT molecular complexity index is 523. The van der Waals surface area contributed by atoms with E-state index in [1.807, 2.05) is 13.0 Å². The number of nitrogens with zero attached hydrogens (tertiary/aromatic N) is 1. The molecule has 0 radical (unpaired) electrons. The number of anilines is 1. The highest BCUT2D eigenvalue weighted by Crippen LogP contribution is 2.16. The summed E-state index contributed by atoms with van der Waals surface area (Å²) in [6, 6.07) is 5.13. The lowest BCUT2D eigenvalue weighted by molar-refractivity contribution is 0.0936. The predicted octanol–water partition coefficient (Wildman–Crippen LogP) is 2.21. The van der Waals surface area contributed by atoms with Crippen molar-refractivity contribution in [3.05, 3.63) is 48.2 Å². The van der Waals surface area contributed by atoms with Crippen LogP contribution in [0, 0.1) is 0 Å². The summed E-state index contributed by atoms with van der Waals surface area (Å²) in [5, 5.41) is 5.81. The highest BCUT2D eigenvalue weighted by Gasteiger charge is 2.15. The second-order valence-corrected chi connectivity index (χ2v) is 3.88. The molecule has 5 nitrogen and oxygen atoms in total. The molecule has 18 heavy (non-hydrogen) atoms. The van der Waals surface area contributed by atoms with Crippen molar-refractivity contribution in [1.29, 1.82) is 0 Å². The number of rotatable bonds is 4. The zero-order valence-corrected chi connectivity index (χ0v) is 10.3. The summed E-state index contributed by atoms with van der Waals surface area (Å²) in [7, 11) is 1.75. The van der Waals surface area contributed by atoms with Gasteiger partial charge in [0.15, 0.2) is 0 Å². The van der Waals surface area contributed by atoms with Crippen molar-refractivity contribution in [3.63, 3.8) is 0 Å². The number of pyridine rings is 1. The molecule has 0 aromatic carbocycles. The molecule has 2 rings (SSSR count). The first kappa shape index (κ1) is 12.2. The molecule has 0 saturated heterocycles. The van der Waals surface area contributed by atoms with E-state index in [1.165, 1.54) is 0 Å². The molecule has 2 heterocycles. The Balaban J connectivity index is 2.12. The van der Waals surface area contributed by atoms with E-state index in [0.29, 0.717) is 11.3 Å². The molecule has 1 atom stereocenters. The molecule has 1 amide bonds. The Morgan fingerprint density at radius 3 is 2.94 bits per heavy atom. The van der Waals surface area contributed by atoms with Gasteiger partial charge in [-0.2, -0.15) is 0 Å². The number of carbonyl (C=O) groups excluding carboxylic acids is 1. The van der Waals surface area contributed by atoms with Crippen LogP contribution in [0.2, 0.25) is 0 Å². The van der Waals surface area contributed by atoms with Gasteiger partial charge in [-0.05, 0) is 25.1 Å². The second-order valence-electron chi connectivity index (χ2n) is 3.88. The molecule has 0 aliphatic carbocycles. The van der Waals surface area contributed by atoms with Gasteiger partial charge < -0.3 is 15.1 Å². The maximum Gasteiger partial charge on any atom is 0.254 e. The Kier molecular flexibility index (Phi) is 3.62. The third kappa shape index (κ3) is 2.51. The molecule has 0 aliphatic heterocycles. The summed E-state index contributed by atoms with van der Waals surface area (Å²) in [5.41, 5.74) is 1.26. The summed E-state index contributed by atoms with van der Waals surface area (Å²) in [6.07, 6.45) is 4.79. The fraction of sp³-hybridized carbons (Fsp3) is 0.231. The van der Waals surface area contributed by atoms with Crippen LogP contribution in [0.5, 0.6) is 0 Å². The van der Waals surface area contributed by atoms with Gasteiger partial charge in [0, 0.05) is 13.2 Å². The summed E-state index contributed by atoms with van der Waals surface area (Å²) in [6.45, 7) is 1.87. The van der Waals surface area contributed by atoms with Crippen molar-refractivity contribution in [2.24, 2.45) is 0 Å². The molecule has 0 spiro atoms.